The Hall–Kier alpha value is -2.81. The van der Waals surface area contributed by atoms with Crippen LogP contribution in [0.5, 0.6) is 0 Å². The fraction of sp³-hybridized carbons (Fsp3) is 0.190. The number of fused-ring (bicyclic) bond motifs is 1. The van der Waals surface area contributed by atoms with Crippen LogP contribution in [0.2, 0.25) is 0 Å². The van der Waals surface area contributed by atoms with Crippen LogP contribution in [0.4, 0.5) is 5.69 Å². The van der Waals surface area contributed by atoms with Gasteiger partial charge in [-0.15, -0.1) is 0 Å². The standard InChI is InChI=1S/C21H22N2O/c1-4-16-14-23(21(24)17-8-6-5-7-9-17)20-12-15(2)10-11-18(20)13-19(16)22-3/h4-12,22H,1,13-14H2,2-3H3. The third kappa shape index (κ3) is 2.98. The number of aryl methyl sites for hydroxylation is 1. The molecule has 0 radical (unpaired) electrons. The van der Waals surface area contributed by atoms with Gasteiger partial charge in [-0.3, -0.25) is 4.79 Å². The van der Waals surface area contributed by atoms with E-state index in [1.54, 1.807) is 0 Å². The topological polar surface area (TPSA) is 32.3 Å². The van der Waals surface area contributed by atoms with Crippen LogP contribution in [0.3, 0.4) is 0 Å². The Morgan fingerprint density at radius 1 is 1.21 bits per heavy atom. The number of nitrogens with one attached hydrogen (secondary N) is 1. The highest BCUT2D eigenvalue weighted by Gasteiger charge is 2.25. The summed E-state index contributed by atoms with van der Waals surface area (Å²) in [7, 11) is 1.92. The van der Waals surface area contributed by atoms with Gasteiger partial charge in [0.05, 0.1) is 6.54 Å². The predicted octanol–water partition coefficient (Wildman–Crippen LogP) is 3.86. The van der Waals surface area contributed by atoms with E-state index in [0.29, 0.717) is 12.1 Å². The van der Waals surface area contributed by atoms with E-state index in [1.807, 2.05) is 48.4 Å². The Morgan fingerprint density at radius 3 is 2.62 bits per heavy atom. The van der Waals surface area contributed by atoms with Crippen LogP contribution < -0.4 is 10.2 Å². The largest absolute Gasteiger partial charge is 0.391 e. The number of anilines is 1. The molecule has 0 atom stereocenters. The second-order valence-electron chi connectivity index (χ2n) is 6.02. The maximum absolute atomic E-state index is 13.1. The molecule has 0 unspecified atom stereocenters. The van der Waals surface area contributed by atoms with Crippen molar-refractivity contribution >= 4 is 11.6 Å². The van der Waals surface area contributed by atoms with Gasteiger partial charge in [-0.05, 0) is 41.8 Å². The minimum atomic E-state index is 0.0131. The van der Waals surface area contributed by atoms with Crippen molar-refractivity contribution in [2.45, 2.75) is 13.3 Å². The summed E-state index contributed by atoms with van der Waals surface area (Å²) in [5.74, 6) is 0.0131. The van der Waals surface area contributed by atoms with Crippen LogP contribution in [0.1, 0.15) is 21.5 Å². The van der Waals surface area contributed by atoms with Crippen molar-refractivity contribution in [3.63, 3.8) is 0 Å². The SMILES string of the molecule is C=CC1=C(NC)Cc2ccc(C)cc2N(C(=O)c2ccccc2)C1. The van der Waals surface area contributed by atoms with Gasteiger partial charge in [0.1, 0.15) is 0 Å². The molecule has 1 amide bonds. The van der Waals surface area contributed by atoms with Crippen molar-refractivity contribution in [3.05, 3.63) is 89.1 Å². The Morgan fingerprint density at radius 2 is 1.96 bits per heavy atom. The van der Waals surface area contributed by atoms with Gasteiger partial charge < -0.3 is 10.2 Å². The summed E-state index contributed by atoms with van der Waals surface area (Å²) < 4.78 is 0. The minimum absolute atomic E-state index is 0.0131. The second-order valence-corrected chi connectivity index (χ2v) is 6.02. The average Bonchev–Trinajstić information content (AvgIpc) is 2.78. The Bertz CT molecular complexity index is 806. The summed E-state index contributed by atoms with van der Waals surface area (Å²) in [6.07, 6.45) is 2.61. The van der Waals surface area contributed by atoms with E-state index in [2.05, 4.69) is 37.0 Å². The molecule has 0 spiro atoms. The number of carbonyl (C=O) groups excluding carboxylic acids is 1. The number of carbonyl (C=O) groups is 1. The third-order valence-electron chi connectivity index (χ3n) is 4.43. The molecule has 0 fully saturated rings. The smallest absolute Gasteiger partial charge is 0.258 e. The third-order valence-corrected chi connectivity index (χ3v) is 4.43. The molecular formula is C21H22N2O. The molecule has 0 aromatic heterocycles. The highest BCUT2D eigenvalue weighted by molar-refractivity contribution is 6.07. The fourth-order valence-corrected chi connectivity index (χ4v) is 3.08. The van der Waals surface area contributed by atoms with Gasteiger partial charge in [-0.1, -0.05) is 43.0 Å². The van der Waals surface area contributed by atoms with Gasteiger partial charge in [0.2, 0.25) is 0 Å². The van der Waals surface area contributed by atoms with Crippen molar-refractivity contribution in [2.24, 2.45) is 0 Å². The van der Waals surface area contributed by atoms with E-state index in [0.717, 1.165) is 34.5 Å². The van der Waals surface area contributed by atoms with Gasteiger partial charge in [-0.25, -0.2) is 0 Å². The predicted molar refractivity (Wildman–Crippen MR) is 99.3 cm³/mol. The monoisotopic (exact) mass is 318 g/mol. The van der Waals surface area contributed by atoms with Gasteiger partial charge >= 0.3 is 0 Å². The lowest BCUT2D eigenvalue weighted by molar-refractivity contribution is 0.0989. The first kappa shape index (κ1) is 16.1. The van der Waals surface area contributed by atoms with E-state index >= 15 is 0 Å². The van der Waals surface area contributed by atoms with Gasteiger partial charge in [0, 0.05) is 30.4 Å². The molecule has 1 N–H and O–H groups in total. The number of allylic oxidation sites excluding steroid dienone is 1. The Balaban J connectivity index is 2.13. The van der Waals surface area contributed by atoms with E-state index < -0.39 is 0 Å². The molecule has 0 aliphatic carbocycles. The zero-order valence-electron chi connectivity index (χ0n) is 14.2. The highest BCUT2D eigenvalue weighted by atomic mass is 16.2. The molecule has 3 rings (SSSR count). The zero-order chi connectivity index (χ0) is 17.1. The molecule has 3 nitrogen and oxygen atoms in total. The maximum Gasteiger partial charge on any atom is 0.258 e. The summed E-state index contributed by atoms with van der Waals surface area (Å²) in [6.45, 7) is 6.51. The number of nitrogens with zero attached hydrogens (tertiary/aromatic N) is 1. The summed E-state index contributed by atoms with van der Waals surface area (Å²) in [5.41, 5.74) is 6.13. The number of amides is 1. The van der Waals surface area contributed by atoms with E-state index in [9.17, 15) is 4.79 Å². The first-order valence-electron chi connectivity index (χ1n) is 8.12. The van der Waals surface area contributed by atoms with Crippen LogP contribution in [-0.4, -0.2) is 19.5 Å². The first-order valence-corrected chi connectivity index (χ1v) is 8.12. The molecule has 0 bridgehead atoms. The van der Waals surface area contributed by atoms with Crippen molar-refractivity contribution in [1.29, 1.82) is 0 Å². The molecule has 2 aromatic rings. The highest BCUT2D eigenvalue weighted by Crippen LogP contribution is 2.30. The maximum atomic E-state index is 13.1. The van der Waals surface area contributed by atoms with Crippen molar-refractivity contribution in [3.8, 4) is 0 Å². The molecular weight excluding hydrogens is 296 g/mol. The number of benzene rings is 2. The number of hydrogen-bond acceptors (Lipinski definition) is 2. The van der Waals surface area contributed by atoms with Crippen LogP contribution >= 0.6 is 0 Å². The van der Waals surface area contributed by atoms with E-state index in [1.165, 1.54) is 0 Å². The molecule has 0 saturated heterocycles. The van der Waals surface area contributed by atoms with Gasteiger partial charge in [0.15, 0.2) is 0 Å². The lowest BCUT2D eigenvalue weighted by Crippen LogP contribution is -2.33. The summed E-state index contributed by atoms with van der Waals surface area (Å²) >= 11 is 0. The number of hydrogen-bond donors (Lipinski definition) is 1. The van der Waals surface area contributed by atoms with Crippen molar-refractivity contribution < 1.29 is 4.79 Å². The van der Waals surface area contributed by atoms with Gasteiger partial charge in [0.25, 0.3) is 5.91 Å². The lowest BCUT2D eigenvalue weighted by Gasteiger charge is -2.24. The molecule has 3 heteroatoms. The van der Waals surface area contributed by atoms with Crippen LogP contribution in [0.25, 0.3) is 0 Å². The molecule has 1 heterocycles. The zero-order valence-corrected chi connectivity index (χ0v) is 14.2. The Kier molecular flexibility index (Phi) is 4.52. The quantitative estimate of drug-likeness (QED) is 0.932. The summed E-state index contributed by atoms with van der Waals surface area (Å²) in [6, 6.07) is 15.7. The molecule has 24 heavy (non-hydrogen) atoms. The molecule has 0 saturated carbocycles. The molecule has 1 aliphatic heterocycles. The molecule has 2 aromatic carbocycles. The molecule has 122 valence electrons. The van der Waals surface area contributed by atoms with Crippen molar-refractivity contribution in [1.82, 2.24) is 5.32 Å². The van der Waals surface area contributed by atoms with Gasteiger partial charge in [-0.2, -0.15) is 0 Å². The second kappa shape index (κ2) is 6.75. The van der Waals surface area contributed by atoms with Crippen LogP contribution in [-0.2, 0) is 6.42 Å². The minimum Gasteiger partial charge on any atom is -0.391 e. The summed E-state index contributed by atoms with van der Waals surface area (Å²) in [4.78, 5) is 15.0. The Labute approximate surface area is 143 Å². The first-order chi connectivity index (χ1) is 11.6. The van der Waals surface area contributed by atoms with E-state index in [-0.39, 0.29) is 5.91 Å². The summed E-state index contributed by atoms with van der Waals surface area (Å²) in [5, 5.41) is 3.27. The lowest BCUT2D eigenvalue weighted by atomic mass is 10.0. The normalized spacial score (nSPS) is 14.0. The van der Waals surface area contributed by atoms with Crippen molar-refractivity contribution in [2.75, 3.05) is 18.5 Å². The number of rotatable bonds is 3. The van der Waals surface area contributed by atoms with Crippen LogP contribution in [0, 0.1) is 6.92 Å². The fourth-order valence-electron chi connectivity index (χ4n) is 3.08. The van der Waals surface area contributed by atoms with Crippen LogP contribution in [0.15, 0.2) is 72.5 Å². The van der Waals surface area contributed by atoms with E-state index in [4.69, 9.17) is 0 Å². The molecule has 1 aliphatic rings. The number of likely N-dealkylation sites (N-methyl/N-ethyl adjacent to an activating group) is 1. The average molecular weight is 318 g/mol.